The van der Waals surface area contributed by atoms with Crippen molar-refractivity contribution in [2.24, 2.45) is 17.3 Å². The quantitative estimate of drug-likeness (QED) is 0.115. The number of nitrogens with zero attached hydrogens (tertiary/aromatic N) is 5. The Kier molecular flexibility index (Phi) is 18.6. The highest BCUT2D eigenvalue weighted by atomic mass is 16.7. The predicted molar refractivity (Wildman–Crippen MR) is 307 cm³/mol. The maximum absolute atomic E-state index is 8.14. The van der Waals surface area contributed by atoms with Gasteiger partial charge in [-0.3, -0.25) is 41.2 Å². The molecule has 0 radical (unpaired) electrons. The van der Waals surface area contributed by atoms with Gasteiger partial charge in [-0.25, -0.2) is 26.7 Å². The smallest absolute Gasteiger partial charge is 0.184 e. The standard InChI is InChI=1S/C58H107N17O6/c1-6-28-71(29-7-1)57(49-16-2-5-23-61-49)55(50-38-76-33-34-79-50,45-37-80-53(47-15-4-9-32-78-47)81-52(45)46-14-3-8-31-77-46)58(54-63-39-65-70-54,72-40-66-67-41-72)75(44-21-30-73(68-36-44)51-18-12-24-62-51)56(42-19-26-59-27-20-42,48-17-11-25-64-69-48)74(57)43-13-10-22-60-35-43/h42-54,59-70H,1-41H2. The van der Waals surface area contributed by atoms with Crippen LogP contribution in [0.2, 0.25) is 0 Å². The number of piperidine rings is 4. The SMILES string of the molecule is C1CCN(C2(C3CCCCN3)N(C3CCCNC3)C(C3CCNCC3)(C3CCCNN3)N(C3CCN(C4CCCN4)NC3)C(C3NCNN3)(N3CNNC3)C2(C2COCCO2)C2COC(C3CCCCO3)OC2C2CCCCO2)CC1. The van der Waals surface area contributed by atoms with Gasteiger partial charge in [-0.05, 0) is 174 Å². The van der Waals surface area contributed by atoms with E-state index < -0.39 is 34.8 Å². The molecule has 0 aliphatic carbocycles. The van der Waals surface area contributed by atoms with Crippen LogP contribution in [0.15, 0.2) is 0 Å². The molecule has 0 spiro atoms. The Morgan fingerprint density at radius 2 is 1.26 bits per heavy atom. The molecule has 0 bridgehead atoms. The first kappa shape index (κ1) is 57.8. The first-order chi connectivity index (χ1) is 40.2. The summed E-state index contributed by atoms with van der Waals surface area (Å²) in [6, 6.07) is 0.292. The number of hydrazine groups is 4. The van der Waals surface area contributed by atoms with Gasteiger partial charge in [-0.1, -0.05) is 12.8 Å². The molecule has 23 heteroatoms. The van der Waals surface area contributed by atoms with Crippen LogP contribution in [0.1, 0.15) is 135 Å². The lowest BCUT2D eigenvalue weighted by Gasteiger charge is -2.86. The van der Waals surface area contributed by atoms with Crippen molar-refractivity contribution in [2.75, 3.05) is 132 Å². The van der Waals surface area contributed by atoms with E-state index in [2.05, 4.69) is 89.2 Å². The molecule has 14 aliphatic rings. The van der Waals surface area contributed by atoms with Crippen LogP contribution in [0.5, 0.6) is 0 Å². The van der Waals surface area contributed by atoms with E-state index in [-0.39, 0.29) is 60.5 Å². The fraction of sp³-hybridized carbons (Fsp3) is 1.00. The molecule has 12 N–H and O–H groups in total. The molecule has 14 fully saturated rings. The highest BCUT2D eigenvalue weighted by Crippen LogP contribution is 2.72. The van der Waals surface area contributed by atoms with Gasteiger partial charge >= 0.3 is 0 Å². The zero-order valence-corrected chi connectivity index (χ0v) is 49.2. The first-order valence-corrected chi connectivity index (χ1v) is 33.5. The third kappa shape index (κ3) is 9.97. The molecule has 0 aromatic rings. The molecule has 81 heavy (non-hydrogen) atoms. The normalized spacial score (nSPS) is 47.0. The van der Waals surface area contributed by atoms with Crippen molar-refractivity contribution in [3.05, 3.63) is 0 Å². The Hall–Kier alpha value is -0.920. The molecule has 23 nitrogen and oxygen atoms in total. The minimum atomic E-state index is -0.948. The second kappa shape index (κ2) is 26.0. The summed E-state index contributed by atoms with van der Waals surface area (Å²) in [5.41, 5.74) is 25.2. The van der Waals surface area contributed by atoms with Crippen LogP contribution in [-0.2, 0) is 28.4 Å². The van der Waals surface area contributed by atoms with Crippen LogP contribution in [0.3, 0.4) is 0 Å². The molecule has 14 rings (SSSR count). The maximum atomic E-state index is 8.14. The van der Waals surface area contributed by atoms with E-state index >= 15 is 0 Å². The van der Waals surface area contributed by atoms with E-state index in [0.717, 1.165) is 207 Å². The lowest BCUT2D eigenvalue weighted by molar-refractivity contribution is -0.455. The molecule has 16 unspecified atom stereocenters. The maximum Gasteiger partial charge on any atom is 0.184 e. The summed E-state index contributed by atoms with van der Waals surface area (Å²) in [5.74, 6) is -0.00773. The van der Waals surface area contributed by atoms with Gasteiger partial charge in [0.2, 0.25) is 0 Å². The third-order valence-corrected chi connectivity index (χ3v) is 22.9. The molecular weight excluding hydrogens is 1030 g/mol. The average molecular weight is 1140 g/mol. The van der Waals surface area contributed by atoms with Crippen LogP contribution in [0, 0.1) is 17.3 Å². The first-order valence-electron chi connectivity index (χ1n) is 33.5. The van der Waals surface area contributed by atoms with Gasteiger partial charge in [0.05, 0.1) is 88.0 Å². The Bertz CT molecular complexity index is 1900. The Balaban J connectivity index is 1.15. The fourth-order valence-electron chi connectivity index (χ4n) is 20.1. The predicted octanol–water partition coefficient (Wildman–Crippen LogP) is -0.179. The van der Waals surface area contributed by atoms with E-state index in [1.165, 1.54) is 12.8 Å². The Labute approximate surface area is 483 Å². The molecule has 14 aliphatic heterocycles. The van der Waals surface area contributed by atoms with Crippen LogP contribution in [0.25, 0.3) is 0 Å². The van der Waals surface area contributed by atoms with Crippen molar-refractivity contribution < 1.29 is 28.4 Å². The lowest BCUT2D eigenvalue weighted by Crippen LogP contribution is -3.05. The van der Waals surface area contributed by atoms with Crippen LogP contribution in [-0.4, -0.2) is 240 Å². The van der Waals surface area contributed by atoms with Crippen LogP contribution < -0.4 is 64.6 Å². The minimum Gasteiger partial charge on any atom is -0.376 e. The molecular formula is C58H107N17O6. The van der Waals surface area contributed by atoms with Gasteiger partial charge < -0.3 is 49.7 Å². The Morgan fingerprint density at radius 3 is 1.94 bits per heavy atom. The highest BCUT2D eigenvalue weighted by Gasteiger charge is 2.89. The van der Waals surface area contributed by atoms with E-state index in [0.29, 0.717) is 52.6 Å². The minimum absolute atomic E-state index is 0.0228. The highest BCUT2D eigenvalue weighted by molar-refractivity contribution is 5.38. The molecule has 14 saturated heterocycles. The summed E-state index contributed by atoms with van der Waals surface area (Å²) in [7, 11) is 0. The summed E-state index contributed by atoms with van der Waals surface area (Å²) in [6.45, 7) is 16.0. The molecule has 14 heterocycles. The largest absolute Gasteiger partial charge is 0.376 e. The van der Waals surface area contributed by atoms with Crippen molar-refractivity contribution in [3.63, 3.8) is 0 Å². The average Bonchev–Trinajstić information content (AvgIpc) is 1.14. The second-order valence-electron chi connectivity index (χ2n) is 26.8. The van der Waals surface area contributed by atoms with Gasteiger partial charge in [0.1, 0.15) is 23.6 Å². The van der Waals surface area contributed by atoms with Crippen molar-refractivity contribution in [1.82, 2.24) is 89.2 Å². The second-order valence-corrected chi connectivity index (χ2v) is 26.8. The third-order valence-electron chi connectivity index (χ3n) is 22.9. The number of nitrogens with one attached hydrogen (secondary N) is 12. The van der Waals surface area contributed by atoms with Gasteiger partial charge in [0.25, 0.3) is 0 Å². The lowest BCUT2D eigenvalue weighted by atomic mass is 9.45. The molecule has 0 aromatic carbocycles. The van der Waals surface area contributed by atoms with Crippen molar-refractivity contribution in [2.45, 2.75) is 219 Å². The number of hydrogen-bond acceptors (Lipinski definition) is 23. The molecule has 0 saturated carbocycles. The molecule has 0 amide bonds. The van der Waals surface area contributed by atoms with Crippen molar-refractivity contribution in [1.29, 1.82) is 0 Å². The van der Waals surface area contributed by atoms with Crippen LogP contribution >= 0.6 is 0 Å². The van der Waals surface area contributed by atoms with Crippen molar-refractivity contribution >= 4 is 0 Å². The monoisotopic (exact) mass is 1140 g/mol. The van der Waals surface area contributed by atoms with Gasteiger partial charge in [0, 0.05) is 63.4 Å². The van der Waals surface area contributed by atoms with E-state index in [9.17, 15) is 0 Å². The number of likely N-dealkylation sites (tertiary alicyclic amines) is 1. The number of hydrogen-bond donors (Lipinski definition) is 12. The summed E-state index contributed by atoms with van der Waals surface area (Å²) in [6.07, 6.45) is 21.4. The number of rotatable bonds is 13. The van der Waals surface area contributed by atoms with Crippen LogP contribution in [0.4, 0.5) is 0 Å². The molecule has 460 valence electrons. The topological polar surface area (TPSA) is 216 Å². The summed E-state index contributed by atoms with van der Waals surface area (Å²) >= 11 is 0. The van der Waals surface area contributed by atoms with Crippen molar-refractivity contribution in [3.8, 4) is 0 Å². The molecule has 16 atom stereocenters. The van der Waals surface area contributed by atoms with Gasteiger partial charge in [-0.15, -0.1) is 0 Å². The summed E-state index contributed by atoms with van der Waals surface area (Å²) in [5, 5.41) is 23.7. The fourth-order valence-corrected chi connectivity index (χ4v) is 20.1. The zero-order chi connectivity index (χ0) is 54.1. The Morgan fingerprint density at radius 1 is 0.481 bits per heavy atom. The summed E-state index contributed by atoms with van der Waals surface area (Å²) < 4.78 is 45.4. The van der Waals surface area contributed by atoms with E-state index in [1.807, 2.05) is 0 Å². The van der Waals surface area contributed by atoms with Gasteiger partial charge in [0.15, 0.2) is 6.29 Å². The number of ether oxygens (including phenoxy) is 6. The molecule has 0 aromatic heterocycles. The van der Waals surface area contributed by atoms with Gasteiger partial charge in [-0.2, -0.15) is 0 Å². The van der Waals surface area contributed by atoms with E-state index in [4.69, 9.17) is 28.4 Å². The zero-order valence-electron chi connectivity index (χ0n) is 49.2. The van der Waals surface area contributed by atoms with E-state index in [1.54, 1.807) is 0 Å². The summed E-state index contributed by atoms with van der Waals surface area (Å²) in [4.78, 5) is 12.9.